The highest BCUT2D eigenvalue weighted by atomic mass is 35.5. The van der Waals surface area contributed by atoms with Gasteiger partial charge in [-0.25, -0.2) is 0 Å². The van der Waals surface area contributed by atoms with Crippen molar-refractivity contribution >= 4 is 98.6 Å². The van der Waals surface area contributed by atoms with E-state index in [-0.39, 0.29) is 151 Å². The van der Waals surface area contributed by atoms with E-state index in [0.29, 0.717) is 122 Å². The smallest absolute Gasteiger partial charge is 0.205 e. The van der Waals surface area contributed by atoms with Gasteiger partial charge in [0.15, 0.2) is 115 Å². The Kier molecular flexibility index (Phi) is 28.5. The van der Waals surface area contributed by atoms with Gasteiger partial charge in [0.25, 0.3) is 0 Å². The lowest BCUT2D eigenvalue weighted by molar-refractivity contribution is 0.260. The van der Waals surface area contributed by atoms with Crippen LogP contribution in [0.3, 0.4) is 0 Å². The van der Waals surface area contributed by atoms with Crippen molar-refractivity contribution in [2.24, 2.45) is 0 Å². The van der Waals surface area contributed by atoms with Gasteiger partial charge in [-0.1, -0.05) is 95.5 Å². The van der Waals surface area contributed by atoms with E-state index in [1.54, 1.807) is 128 Å². The van der Waals surface area contributed by atoms with Crippen molar-refractivity contribution in [1.82, 2.24) is 0 Å². The Hall–Kier alpha value is -18.4. The predicted molar refractivity (Wildman–Crippen MR) is 521 cm³/mol. The summed E-state index contributed by atoms with van der Waals surface area (Å²) < 4.78 is 38.5. The first kappa shape index (κ1) is 98.1. The molecule has 1 unspecified atom stereocenters. The number of halogens is 3. The normalized spacial score (nSPS) is 13.9. The first-order valence-corrected chi connectivity index (χ1v) is 43.4. The van der Waals surface area contributed by atoms with Gasteiger partial charge in [0.2, 0.25) is 23.0 Å². The van der Waals surface area contributed by atoms with E-state index in [4.69, 9.17) is 68.0 Å². The molecule has 37 heteroatoms. The summed E-state index contributed by atoms with van der Waals surface area (Å²) in [5.41, 5.74) is 13.6. The summed E-state index contributed by atoms with van der Waals surface area (Å²) in [6.45, 7) is 1.38. The van der Waals surface area contributed by atoms with Gasteiger partial charge < -0.3 is 171 Å². The lowest BCUT2D eigenvalue weighted by Gasteiger charge is -2.27. The highest BCUT2D eigenvalue weighted by Crippen LogP contribution is 2.54. The van der Waals surface area contributed by atoms with Crippen LogP contribution in [-0.4, -0.2) is 178 Å². The number of aromatic hydroxyl groups is 27. The largest absolute Gasteiger partial charge is 0.508 e. The third kappa shape index (κ3) is 21.4. The third-order valence-electron chi connectivity index (χ3n) is 22.8. The van der Waals surface area contributed by atoms with Crippen LogP contribution in [0.1, 0.15) is 83.8 Å². The average molecular weight is 2000 g/mol. The number of phenolic OH excluding ortho intramolecular Hbond substituents is 27. The van der Waals surface area contributed by atoms with E-state index in [0.717, 1.165) is 50.1 Å². The van der Waals surface area contributed by atoms with Crippen LogP contribution in [0.25, 0.3) is 63.8 Å². The molecular weight excluding hydrogens is 1910 g/mol. The van der Waals surface area contributed by atoms with Crippen LogP contribution in [0.5, 0.6) is 195 Å². The maximum absolute atomic E-state index is 9.88. The minimum atomic E-state index is -0.632. The van der Waals surface area contributed by atoms with Gasteiger partial charge in [0, 0.05) is 81.1 Å². The number of ether oxygens (including phenoxy) is 7. The molecule has 142 heavy (non-hydrogen) atoms. The fourth-order valence-corrected chi connectivity index (χ4v) is 16.0. The van der Waals surface area contributed by atoms with E-state index in [2.05, 4.69) is 0 Å². The van der Waals surface area contributed by atoms with E-state index >= 15 is 0 Å². The molecule has 0 aliphatic carbocycles. The summed E-state index contributed by atoms with van der Waals surface area (Å²) in [5.74, 6) is -5.11. The van der Waals surface area contributed by atoms with Crippen LogP contribution in [0.15, 0.2) is 206 Å². The summed E-state index contributed by atoms with van der Waals surface area (Å²) >= 11 is 17.9. The molecule has 7 aliphatic rings. The number of benzene rings is 14. The highest BCUT2D eigenvalue weighted by Gasteiger charge is 2.31. The van der Waals surface area contributed by atoms with Crippen LogP contribution in [0.4, 0.5) is 0 Å². The molecule has 0 aromatic heterocycles. The lowest BCUT2D eigenvalue weighted by Crippen LogP contribution is -2.19. The molecule has 0 saturated heterocycles. The van der Waals surface area contributed by atoms with Gasteiger partial charge in [-0.15, -0.1) is 0 Å². The molecule has 0 bridgehead atoms. The second-order valence-electron chi connectivity index (χ2n) is 32.2. The Morgan fingerprint density at radius 3 is 1.20 bits per heavy atom. The Labute approximate surface area is 818 Å². The maximum Gasteiger partial charge on any atom is 0.205 e. The van der Waals surface area contributed by atoms with Crippen LogP contribution in [0.2, 0.25) is 15.1 Å². The number of fused-ring (bicyclic) bond motifs is 7. The molecular formula is C105H83Cl3O34. The van der Waals surface area contributed by atoms with Crippen molar-refractivity contribution in [3.05, 3.63) is 299 Å². The molecule has 0 fully saturated rings. The Bertz CT molecular complexity index is 7370. The fraction of sp³-hybridized carbons (Fsp3) is 0.0857. The van der Waals surface area contributed by atoms with E-state index in [1.807, 2.05) is 18.2 Å². The molecule has 14 aromatic rings. The Morgan fingerprint density at radius 2 is 0.641 bits per heavy atom. The SMILES string of the molecule is Oc1cc2c(cc1O)OCC(c1ccc(O)c(O)c1O)=C2.Oc1ccc(C2=COc3cc(O)c(O)cc3C2)cc1.Oc1ccc(C2=Cc3cc(O)c(O)c(Cl)c3OC2)cc1.Oc1ccc(C2=Cc3cc(O)c(O)c(Cl)c3OC2)cc1O.Oc1ccc(C2=Cc3cc(O)c(O)c(O)c3OC2)cc1O.Oc1ccc(C2COc3cc(O)c(O)c(Cl)c3C2)cc1.Oc1cccc(C2=Cc3c(cc(O)c(O)c3O)OC2)c1. The molecule has 7 heterocycles. The van der Waals surface area contributed by atoms with E-state index < -0.39 is 57.5 Å². The second-order valence-corrected chi connectivity index (χ2v) is 33.4. The zero-order chi connectivity index (χ0) is 102. The van der Waals surface area contributed by atoms with Gasteiger partial charge in [-0.05, 0) is 213 Å². The monoisotopic (exact) mass is 1990 g/mol. The average Bonchev–Trinajstić information content (AvgIpc) is 0.811. The molecule has 7 aliphatic heterocycles. The quantitative estimate of drug-likeness (QED) is 0.0659. The molecule has 27 N–H and O–H groups in total. The van der Waals surface area contributed by atoms with E-state index in [9.17, 15) is 138 Å². The zero-order valence-corrected chi connectivity index (χ0v) is 75.6. The van der Waals surface area contributed by atoms with Crippen molar-refractivity contribution in [2.45, 2.75) is 18.8 Å². The van der Waals surface area contributed by atoms with Crippen molar-refractivity contribution in [1.29, 1.82) is 0 Å². The van der Waals surface area contributed by atoms with Crippen LogP contribution >= 0.6 is 34.8 Å². The molecule has 21 rings (SSSR count). The fourth-order valence-electron chi connectivity index (χ4n) is 15.2. The predicted octanol–water partition coefficient (Wildman–Crippen LogP) is 19.2. The van der Waals surface area contributed by atoms with Crippen LogP contribution < -0.4 is 33.2 Å². The van der Waals surface area contributed by atoms with E-state index in [1.165, 1.54) is 91.0 Å². The number of phenols is 27. The first-order valence-electron chi connectivity index (χ1n) is 42.2. The molecule has 34 nitrogen and oxygen atoms in total. The number of hydrogen-bond donors (Lipinski definition) is 27. The zero-order valence-electron chi connectivity index (χ0n) is 73.3. The minimum Gasteiger partial charge on any atom is -0.508 e. The number of hydrogen-bond acceptors (Lipinski definition) is 34. The van der Waals surface area contributed by atoms with Gasteiger partial charge >= 0.3 is 0 Å². The second kappa shape index (κ2) is 41.3. The van der Waals surface area contributed by atoms with Gasteiger partial charge in [0.05, 0.1) is 23.5 Å². The first-order chi connectivity index (χ1) is 67.7. The van der Waals surface area contributed by atoms with Gasteiger partial charge in [-0.2, -0.15) is 0 Å². The molecule has 0 spiro atoms. The van der Waals surface area contributed by atoms with Gasteiger partial charge in [0.1, 0.15) is 101 Å². The molecule has 728 valence electrons. The summed E-state index contributed by atoms with van der Waals surface area (Å²) in [6.07, 6.45) is 11.3. The molecule has 0 amide bonds. The van der Waals surface area contributed by atoms with Crippen LogP contribution in [0, 0.1) is 0 Å². The Balaban J connectivity index is 0.000000125. The third-order valence-corrected chi connectivity index (χ3v) is 23.9. The summed E-state index contributed by atoms with van der Waals surface area (Å²) in [4.78, 5) is 0. The molecule has 0 radical (unpaired) electrons. The summed E-state index contributed by atoms with van der Waals surface area (Å²) in [7, 11) is 0. The summed E-state index contributed by atoms with van der Waals surface area (Å²) in [6, 6.07) is 50.8. The van der Waals surface area contributed by atoms with Crippen molar-refractivity contribution in [3.8, 4) is 195 Å². The molecule has 0 saturated carbocycles. The summed E-state index contributed by atoms with van der Waals surface area (Å²) in [5, 5.41) is 257. The Morgan fingerprint density at radius 1 is 0.246 bits per heavy atom. The van der Waals surface area contributed by atoms with Gasteiger partial charge in [-0.3, -0.25) is 0 Å². The molecule has 1 atom stereocenters. The molecule has 14 aromatic carbocycles. The van der Waals surface area contributed by atoms with Crippen LogP contribution in [-0.2, 0) is 12.8 Å². The number of rotatable bonds is 7. The maximum atomic E-state index is 9.88. The minimum absolute atomic E-state index is 0.000932. The number of allylic oxidation sites excluding steroid dienone is 1. The van der Waals surface area contributed by atoms with Crippen molar-refractivity contribution < 1.29 is 171 Å². The van der Waals surface area contributed by atoms with Crippen molar-refractivity contribution in [2.75, 3.05) is 39.6 Å². The highest BCUT2D eigenvalue weighted by molar-refractivity contribution is 6.35. The van der Waals surface area contributed by atoms with Crippen molar-refractivity contribution in [3.63, 3.8) is 0 Å². The topological polar surface area (TPSA) is 611 Å². The lowest BCUT2D eigenvalue weighted by atomic mass is 9.90. The standard InChI is InChI=1S/C15H11ClO5.C15H13ClO4.C15H11ClO4.2C15H12O6.C15H12O5.C15H12O4/c16-13-14(20)12(19)5-8-3-9(6-21-15(8)13)7-1-2-10(17)11(18)4-7;16-14-11-5-9(8-1-3-10(17)4-2-8)7-20-13(11)6-12(18)15(14)19;16-13-14(19)12(18)6-9-5-10(7-20-15(9)13)8-1-3-11(17)4-2-8;16-10-2-1-9(14(19)15(10)20)8-3-7-4-11(17)12(18)5-13(7)21-6-8;16-10-2-1-7(4-11(10)17)9-3-8-5-12(18)13(19)14(20)15(8)21-6-9;16-10-3-1-2-8(4-10)9-5-11-13(20-7-9)6-12(17)15(19)14(11)18;16-12-3-1-9(2-4-12)11-5-10-6-13(17)14(18)7-15(10)19-8-11/h1-5,17-20H,6H2;1-4,6,9,17-19H,5,7H2;1-6,17-19H,7H2;2*1-5,16-20H,6H2;1-6,16-19H,7H2;1-4,6-8,16-18H,5H2.